The molecule has 2 heterocycles. The van der Waals surface area contributed by atoms with Crippen LogP contribution in [-0.4, -0.2) is 18.7 Å². The van der Waals surface area contributed by atoms with Gasteiger partial charge in [0, 0.05) is 35.0 Å². The summed E-state index contributed by atoms with van der Waals surface area (Å²) in [6.07, 6.45) is 2.77. The van der Waals surface area contributed by atoms with Crippen molar-refractivity contribution in [1.82, 2.24) is 4.98 Å². The molecule has 0 fully saturated rings. The van der Waals surface area contributed by atoms with Gasteiger partial charge < -0.3 is 14.8 Å². The maximum atomic E-state index is 5.87. The summed E-state index contributed by atoms with van der Waals surface area (Å²) in [6.45, 7) is 0.673. The van der Waals surface area contributed by atoms with E-state index >= 15 is 0 Å². The van der Waals surface area contributed by atoms with Crippen LogP contribution in [0.5, 0.6) is 11.5 Å². The van der Waals surface area contributed by atoms with Crippen molar-refractivity contribution >= 4 is 11.5 Å². The topological polar surface area (TPSA) is 43.4 Å². The molecule has 4 nitrogen and oxygen atoms in total. The molecule has 0 amide bonds. The number of anilines is 2. The molecular weight excluding hydrogens is 300 g/mol. The molecule has 1 N–H and O–H groups in total. The Morgan fingerprint density at radius 2 is 1.79 bits per heavy atom. The number of hydrogen-bond donors (Lipinski definition) is 1. The number of benzene rings is 2. The minimum Gasteiger partial charge on any atom is -0.496 e. The van der Waals surface area contributed by atoms with E-state index in [1.807, 2.05) is 54.7 Å². The molecule has 4 heteroatoms. The van der Waals surface area contributed by atoms with Crippen molar-refractivity contribution in [3.05, 3.63) is 66.4 Å². The number of nitrogens with zero attached hydrogens (tertiary/aromatic N) is 1. The van der Waals surface area contributed by atoms with Crippen molar-refractivity contribution in [2.24, 2.45) is 0 Å². The average molecular weight is 318 g/mol. The zero-order chi connectivity index (χ0) is 16.4. The summed E-state index contributed by atoms with van der Waals surface area (Å²) in [5, 5.41) is 3.34. The Bertz CT molecular complexity index is 863. The van der Waals surface area contributed by atoms with Crippen LogP contribution in [-0.2, 0) is 6.42 Å². The Kier molecular flexibility index (Phi) is 3.79. The zero-order valence-corrected chi connectivity index (χ0v) is 13.5. The van der Waals surface area contributed by atoms with E-state index in [2.05, 4.69) is 16.4 Å². The highest BCUT2D eigenvalue weighted by atomic mass is 16.5. The fraction of sp³-hybridized carbons (Fsp3) is 0.150. The molecular formula is C20H18N2O2. The van der Waals surface area contributed by atoms with Crippen molar-refractivity contribution in [3.63, 3.8) is 0 Å². The van der Waals surface area contributed by atoms with Crippen molar-refractivity contribution in [3.8, 4) is 22.6 Å². The van der Waals surface area contributed by atoms with Crippen molar-refractivity contribution in [2.45, 2.75) is 6.42 Å². The molecule has 0 atom stereocenters. The van der Waals surface area contributed by atoms with Crippen LogP contribution in [0.1, 0.15) is 5.56 Å². The molecule has 0 radical (unpaired) electrons. The van der Waals surface area contributed by atoms with E-state index in [0.717, 1.165) is 40.6 Å². The second-order valence-corrected chi connectivity index (χ2v) is 5.62. The molecule has 4 rings (SSSR count). The number of rotatable bonds is 4. The van der Waals surface area contributed by atoms with Gasteiger partial charge >= 0.3 is 0 Å². The number of fused-ring (bicyclic) bond motifs is 1. The second-order valence-electron chi connectivity index (χ2n) is 5.62. The van der Waals surface area contributed by atoms with E-state index in [1.54, 1.807) is 7.11 Å². The van der Waals surface area contributed by atoms with Gasteiger partial charge in [-0.15, -0.1) is 0 Å². The minimum absolute atomic E-state index is 0.673. The van der Waals surface area contributed by atoms with Gasteiger partial charge in [-0.25, -0.2) is 4.98 Å². The Hall–Kier alpha value is -3.01. The minimum atomic E-state index is 0.673. The van der Waals surface area contributed by atoms with Crippen molar-refractivity contribution < 1.29 is 9.47 Å². The Morgan fingerprint density at radius 1 is 1.00 bits per heavy atom. The molecule has 0 spiro atoms. The Morgan fingerprint density at radius 3 is 2.62 bits per heavy atom. The van der Waals surface area contributed by atoms with Gasteiger partial charge in [0.15, 0.2) is 11.6 Å². The molecule has 3 aromatic rings. The molecule has 1 aromatic heterocycles. The molecule has 2 aromatic carbocycles. The molecule has 120 valence electrons. The van der Waals surface area contributed by atoms with Gasteiger partial charge in [-0.3, -0.25) is 0 Å². The molecule has 0 saturated heterocycles. The monoisotopic (exact) mass is 318 g/mol. The summed E-state index contributed by atoms with van der Waals surface area (Å²) in [6, 6.07) is 18.0. The first kappa shape index (κ1) is 14.6. The summed E-state index contributed by atoms with van der Waals surface area (Å²) in [5.74, 6) is 2.44. The van der Waals surface area contributed by atoms with Crippen molar-refractivity contribution in [1.29, 1.82) is 0 Å². The van der Waals surface area contributed by atoms with Crippen LogP contribution in [0.25, 0.3) is 11.1 Å². The summed E-state index contributed by atoms with van der Waals surface area (Å²) in [5.41, 5.74) is 4.28. The Balaban J connectivity index is 1.78. The number of ether oxygens (including phenoxy) is 2. The molecule has 1 aliphatic rings. The molecule has 0 aliphatic carbocycles. The van der Waals surface area contributed by atoms with Gasteiger partial charge in [-0.1, -0.05) is 36.4 Å². The highest BCUT2D eigenvalue weighted by Gasteiger charge is 2.23. The lowest BCUT2D eigenvalue weighted by atomic mass is 9.99. The lowest BCUT2D eigenvalue weighted by Gasteiger charge is -2.14. The number of pyridine rings is 1. The second kappa shape index (κ2) is 6.24. The number of nitrogens with one attached hydrogen (secondary N) is 1. The number of hydrogen-bond acceptors (Lipinski definition) is 4. The Labute approximate surface area is 141 Å². The highest BCUT2D eigenvalue weighted by Crippen LogP contribution is 2.42. The van der Waals surface area contributed by atoms with Crippen LogP contribution in [0.2, 0.25) is 0 Å². The van der Waals surface area contributed by atoms with Crippen LogP contribution in [0, 0.1) is 0 Å². The molecule has 0 unspecified atom stereocenters. The lowest BCUT2D eigenvalue weighted by molar-refractivity contribution is 0.357. The first-order chi connectivity index (χ1) is 11.9. The predicted octanol–water partition coefficient (Wildman–Crippen LogP) is 4.44. The first-order valence-electron chi connectivity index (χ1n) is 7.97. The number of para-hydroxylation sites is 2. The number of methoxy groups -OCH3 is 1. The zero-order valence-electron chi connectivity index (χ0n) is 13.5. The van der Waals surface area contributed by atoms with Gasteiger partial charge in [0.1, 0.15) is 5.75 Å². The van der Waals surface area contributed by atoms with E-state index in [0.29, 0.717) is 6.61 Å². The molecule has 1 aliphatic heterocycles. The van der Waals surface area contributed by atoms with E-state index in [4.69, 9.17) is 9.47 Å². The smallest absolute Gasteiger partial charge is 0.173 e. The van der Waals surface area contributed by atoms with Gasteiger partial charge in [0.05, 0.1) is 13.7 Å². The van der Waals surface area contributed by atoms with Gasteiger partial charge in [0.25, 0.3) is 0 Å². The average Bonchev–Trinajstić information content (AvgIpc) is 3.13. The fourth-order valence-electron chi connectivity index (χ4n) is 3.04. The summed E-state index contributed by atoms with van der Waals surface area (Å²) in [7, 11) is 1.69. The fourth-order valence-corrected chi connectivity index (χ4v) is 3.04. The first-order valence-corrected chi connectivity index (χ1v) is 7.97. The van der Waals surface area contributed by atoms with Crippen LogP contribution in [0.3, 0.4) is 0 Å². The van der Waals surface area contributed by atoms with Gasteiger partial charge in [-0.05, 0) is 18.2 Å². The quantitative estimate of drug-likeness (QED) is 0.772. The SMILES string of the molecule is COc1ccccc1-c1cnc(Nc2ccccc2)c2c1CCO2. The third-order valence-electron chi connectivity index (χ3n) is 4.17. The molecule has 0 bridgehead atoms. The van der Waals surface area contributed by atoms with Crippen LogP contribution in [0.4, 0.5) is 11.5 Å². The van der Waals surface area contributed by atoms with E-state index < -0.39 is 0 Å². The summed E-state index contributed by atoms with van der Waals surface area (Å²) < 4.78 is 11.4. The van der Waals surface area contributed by atoms with Crippen molar-refractivity contribution in [2.75, 3.05) is 19.0 Å². The highest BCUT2D eigenvalue weighted by molar-refractivity contribution is 5.79. The van der Waals surface area contributed by atoms with Crippen LogP contribution < -0.4 is 14.8 Å². The van der Waals surface area contributed by atoms with Gasteiger partial charge in [0.2, 0.25) is 0 Å². The normalized spacial score (nSPS) is 12.4. The van der Waals surface area contributed by atoms with Crippen LogP contribution >= 0.6 is 0 Å². The largest absolute Gasteiger partial charge is 0.496 e. The third kappa shape index (κ3) is 2.56. The van der Waals surface area contributed by atoms with E-state index in [-0.39, 0.29) is 0 Å². The van der Waals surface area contributed by atoms with Gasteiger partial charge in [-0.2, -0.15) is 0 Å². The third-order valence-corrected chi connectivity index (χ3v) is 4.17. The molecule has 0 saturated carbocycles. The van der Waals surface area contributed by atoms with E-state index in [9.17, 15) is 0 Å². The summed E-state index contributed by atoms with van der Waals surface area (Å²) >= 11 is 0. The van der Waals surface area contributed by atoms with E-state index in [1.165, 1.54) is 5.56 Å². The number of aromatic nitrogens is 1. The summed E-state index contributed by atoms with van der Waals surface area (Å²) in [4.78, 5) is 4.61. The molecule has 24 heavy (non-hydrogen) atoms. The maximum absolute atomic E-state index is 5.87. The standard InChI is InChI=1S/C20H18N2O2/c1-23-18-10-6-5-9-15(18)17-13-21-20(19-16(17)11-12-24-19)22-14-7-3-2-4-8-14/h2-10,13H,11-12H2,1H3,(H,21,22). The lowest BCUT2D eigenvalue weighted by Crippen LogP contribution is -1.98. The maximum Gasteiger partial charge on any atom is 0.173 e. The van der Waals surface area contributed by atoms with Crippen LogP contribution in [0.15, 0.2) is 60.8 Å². The predicted molar refractivity (Wildman–Crippen MR) is 95.1 cm³/mol.